The van der Waals surface area contributed by atoms with Gasteiger partial charge in [0.05, 0.1) is 12.0 Å². The summed E-state index contributed by atoms with van der Waals surface area (Å²) in [6.45, 7) is 1.73. The van der Waals surface area contributed by atoms with E-state index in [1.54, 1.807) is 36.5 Å². The molecule has 50 heteroatoms. The van der Waals surface area contributed by atoms with Gasteiger partial charge in [-0.2, -0.15) is 0 Å². The highest BCUT2D eigenvalue weighted by atomic mass is 16.4. The minimum atomic E-state index is -1.91. The monoisotopic (exact) mass is 1940 g/mol. The number of carbonyl (C=O) groups excluding carboxylic acids is 13. The number of hydrogen-bond acceptors (Lipinski definition) is 24. The minimum Gasteiger partial charge on any atom is -0.508 e. The summed E-state index contributed by atoms with van der Waals surface area (Å²) in [5.41, 5.74) is 53.3. The molecule has 3 aromatic carbocycles. The second-order valence-corrected chi connectivity index (χ2v) is 33.6. The van der Waals surface area contributed by atoms with Gasteiger partial charge in [-0.1, -0.05) is 73.7 Å². The molecule has 14 amide bonds. The maximum Gasteiger partial charge on any atom is 0.326 e. The molecule has 0 unspecified atom stereocenters. The first kappa shape index (κ1) is 114. The van der Waals surface area contributed by atoms with Crippen LogP contribution in [0.5, 0.6) is 11.5 Å². The molecule has 1 aliphatic rings. The number of aliphatic carboxylic acids is 1. The summed E-state index contributed by atoms with van der Waals surface area (Å²) in [6.07, 6.45) is 5.24. The zero-order valence-corrected chi connectivity index (χ0v) is 78.1. The molecular weight excluding hydrogens is 1800 g/mol. The molecule has 0 fully saturated rings. The molecule has 0 radical (unpaired) electrons. The largest absolute Gasteiger partial charge is 0.508 e. The van der Waals surface area contributed by atoms with E-state index < -0.39 is 210 Å². The predicted molar refractivity (Wildman–Crippen MR) is 519 cm³/mol. The lowest BCUT2D eigenvalue weighted by molar-refractivity contribution is -0.142. The van der Waals surface area contributed by atoms with Crippen molar-refractivity contribution in [2.45, 2.75) is 233 Å². The minimum absolute atomic E-state index is 0.00958. The average molecular weight is 1950 g/mol. The molecule has 0 aliphatic carbocycles. The summed E-state index contributed by atoms with van der Waals surface area (Å²) in [5.74, 6) is -17.0. The molecule has 1 aliphatic heterocycles. The topological polar surface area (TPSA) is 885 Å². The summed E-state index contributed by atoms with van der Waals surface area (Å²) in [5, 5.41) is 119. The van der Waals surface area contributed by atoms with Crippen LogP contribution < -0.4 is 147 Å². The maximum atomic E-state index is 16.0. The summed E-state index contributed by atoms with van der Waals surface area (Å²) in [7, 11) is 0. The second-order valence-electron chi connectivity index (χ2n) is 33.6. The first-order valence-corrected chi connectivity index (χ1v) is 46.1. The van der Waals surface area contributed by atoms with Crippen LogP contribution in [0.25, 0.3) is 10.9 Å². The van der Waals surface area contributed by atoms with Gasteiger partial charge in [0.25, 0.3) is 0 Å². The van der Waals surface area contributed by atoms with Crippen LogP contribution in [0.4, 0.5) is 4.79 Å². The van der Waals surface area contributed by atoms with E-state index in [9.17, 15) is 34.5 Å². The van der Waals surface area contributed by atoms with E-state index in [-0.39, 0.29) is 185 Å². The van der Waals surface area contributed by atoms with Crippen LogP contribution in [0.2, 0.25) is 0 Å². The summed E-state index contributed by atoms with van der Waals surface area (Å²) in [6, 6.07) is -3.52. The quantitative estimate of drug-likeness (QED) is 0.00849. The highest BCUT2D eigenvalue weighted by Crippen LogP contribution is 2.22. The molecule has 0 saturated heterocycles. The smallest absolute Gasteiger partial charge is 0.326 e. The van der Waals surface area contributed by atoms with Crippen molar-refractivity contribution in [2.24, 2.45) is 57.5 Å². The molecule has 139 heavy (non-hydrogen) atoms. The van der Waals surface area contributed by atoms with Crippen molar-refractivity contribution in [3.05, 3.63) is 120 Å². The Bertz CT molecular complexity index is 4830. The molecule has 764 valence electrons. The number of hydrogen-bond donors (Lipinski definition) is 36. The molecule has 0 spiro atoms. The lowest BCUT2D eigenvalue weighted by Gasteiger charge is -2.28. The Balaban J connectivity index is 1.85. The number of phenols is 2. The van der Waals surface area contributed by atoms with Crippen molar-refractivity contribution in [1.82, 2.24) is 101 Å². The van der Waals surface area contributed by atoms with Crippen molar-refractivity contribution < 1.29 is 82.4 Å². The highest BCUT2D eigenvalue weighted by molar-refractivity contribution is 6.00. The standard InChI is InChI=1S/C89H141N33O17/c1-50-28-33-54(16-6-8-38-90)111-73(127)60(22-7-9-39-91)113-75(129)65(24-12-42-106-86(97)98)118-81(135)69(47-52-31-36-56(124)37-32-52)121-78(132)62(116-82(136)70(48-53-49-110-59-19-3-2-17-57(53)59)122-79(133)63(23-11-41-105-85(95)96)112-72(126)58(92)18-10-40-104-84(93)94)21-5-4-20-61(77(131)119-67(83(137)138)27-15-44-108-88(101)102)114-74(128)64(26-14-45-109-89(103)139)115-76(130)66(25-13-43-107-87(99)100)117-80(134)68(120-71(50)125)46-51-29-34-55(123)35-30-51/h2-5,17,19,28-37,49-50,54,58,60-70,110,123-124H,6-16,18,20-27,38-48,90-92H2,1H3,(H,111,127)(H,112,126)(H,113,129)(H,114,128)(H,115,130)(H,116,136)(H,117,134)(H,118,135)(H,119,131)(H,120,125)(H,121,132)(H,122,133)(H,137,138)(H4,93,94,104)(H4,95,96,105)(H4,97,98,106)(H4,99,100,107)(H4,101,102,108)(H3,103,109,139)/b5-4+,33-28+/t50-,54-,58+,60+,61+,62+,63+,64+,65+,66+,67+,68+,69+,70+/m1/s1. The predicted octanol–water partition coefficient (Wildman–Crippen LogP) is -5.60. The lowest BCUT2D eigenvalue weighted by Crippen LogP contribution is -2.60. The third-order valence-corrected chi connectivity index (χ3v) is 22.2. The summed E-state index contributed by atoms with van der Waals surface area (Å²) >= 11 is 0. The number of guanidine groups is 5. The van der Waals surface area contributed by atoms with Gasteiger partial charge in [-0.15, -0.1) is 0 Å². The van der Waals surface area contributed by atoms with Crippen molar-refractivity contribution in [1.29, 1.82) is 27.0 Å². The number of rotatable bonds is 47. The first-order chi connectivity index (χ1) is 66.2. The highest BCUT2D eigenvalue weighted by Gasteiger charge is 2.38. The van der Waals surface area contributed by atoms with Gasteiger partial charge in [0, 0.05) is 81.7 Å². The van der Waals surface area contributed by atoms with E-state index in [0.29, 0.717) is 41.3 Å². The van der Waals surface area contributed by atoms with E-state index >= 15 is 47.9 Å². The molecule has 0 saturated carbocycles. The van der Waals surface area contributed by atoms with Crippen LogP contribution in [-0.2, 0) is 81.6 Å². The maximum absolute atomic E-state index is 16.0. The first-order valence-electron chi connectivity index (χ1n) is 46.1. The van der Waals surface area contributed by atoms with Gasteiger partial charge >= 0.3 is 12.0 Å². The number of benzene rings is 3. The molecule has 50 nitrogen and oxygen atoms in total. The number of H-pyrrole nitrogens is 1. The van der Waals surface area contributed by atoms with E-state index in [1.165, 1.54) is 73.7 Å². The van der Waals surface area contributed by atoms with Crippen molar-refractivity contribution >= 4 is 124 Å². The van der Waals surface area contributed by atoms with E-state index in [2.05, 4.69) is 101 Å². The Morgan fingerprint density at radius 2 is 0.835 bits per heavy atom. The van der Waals surface area contributed by atoms with Gasteiger partial charge in [0.2, 0.25) is 70.9 Å². The fourth-order valence-corrected chi connectivity index (χ4v) is 14.6. The van der Waals surface area contributed by atoms with E-state index in [0.717, 1.165) is 0 Å². The van der Waals surface area contributed by atoms with Crippen molar-refractivity contribution in [2.75, 3.05) is 52.4 Å². The van der Waals surface area contributed by atoms with Gasteiger partial charge in [-0.05, 0) is 189 Å². The molecule has 2 heterocycles. The molecule has 14 atom stereocenters. The van der Waals surface area contributed by atoms with Crippen LogP contribution in [0.1, 0.15) is 152 Å². The number of primary amides is 1. The molecule has 4 aromatic rings. The average Bonchev–Trinajstić information content (AvgIpc) is 1.68. The zero-order chi connectivity index (χ0) is 102. The van der Waals surface area contributed by atoms with Gasteiger partial charge in [-0.25, -0.2) is 9.59 Å². The van der Waals surface area contributed by atoms with E-state index in [4.69, 9.17) is 78.6 Å². The zero-order valence-electron chi connectivity index (χ0n) is 78.1. The number of nitrogens with one attached hydrogen (secondary N) is 24. The number of phenolic OH excluding ortho intramolecular Hbond substituents is 2. The number of carboxylic acids is 1. The molecule has 1 aromatic heterocycles. The third kappa shape index (κ3) is 44.5. The third-order valence-electron chi connectivity index (χ3n) is 22.2. The number of aromatic nitrogens is 1. The van der Waals surface area contributed by atoms with Crippen LogP contribution in [-0.4, -0.2) is 264 Å². The van der Waals surface area contributed by atoms with Crippen LogP contribution in [0.3, 0.4) is 0 Å². The Kier molecular flexibility index (Phi) is 50.9. The molecular formula is C89H141N33O17. The summed E-state index contributed by atoms with van der Waals surface area (Å²) < 4.78 is 0. The van der Waals surface area contributed by atoms with Gasteiger partial charge in [0.1, 0.15) is 78.0 Å². The second kappa shape index (κ2) is 61.8. The number of urea groups is 1. The lowest BCUT2D eigenvalue weighted by atomic mass is 10.0. The number of aromatic amines is 1. The number of nitrogens with two attached hydrogens (primary N) is 9. The van der Waals surface area contributed by atoms with Crippen LogP contribution in [0.15, 0.2) is 103 Å². The number of carbonyl (C=O) groups is 14. The fraction of sp³-hybridized carbons (Fsp3) is 0.517. The SMILES string of the molecule is C[C@@H]1/C=C/[C@@H](CCCCN)NC(=O)[C@H](CCCCN)NC(=O)[C@H](CCCNC(=N)N)NC(=O)[C@H](Cc2ccc(O)cc2)NC(=O)[C@@H](NC(=O)[C@H](Cc2c[nH]c3ccccc23)NC(=O)[C@H](CCCNC(=N)N)NC(=O)[C@@H](N)CCCNC(=N)N)C/C=C/C[C@@H](C(=O)N[C@@H](CCCNC(=N)N)C(=O)O)NC(=O)[C@H](CCCNC(N)=O)NC(=O)[C@H](CCCNC(=N)N)NC(=O)[C@H](Cc2ccc(O)cc2)NC1=O. The van der Waals surface area contributed by atoms with Gasteiger partial charge in [-0.3, -0.25) is 84.6 Å². The number of carboxylic acid groups (broad SMARTS) is 1. The molecule has 45 N–H and O–H groups in total. The Hall–Kier alpha value is -15.1. The normalized spacial score (nSPS) is 20.3. The van der Waals surface area contributed by atoms with Crippen LogP contribution in [0, 0.1) is 33.0 Å². The summed E-state index contributed by atoms with van der Waals surface area (Å²) in [4.78, 5) is 211. The van der Waals surface area contributed by atoms with Gasteiger partial charge < -0.3 is 168 Å². The van der Waals surface area contributed by atoms with Crippen molar-refractivity contribution in [3.63, 3.8) is 0 Å². The Labute approximate surface area is 804 Å². The van der Waals surface area contributed by atoms with Crippen molar-refractivity contribution in [3.8, 4) is 11.5 Å². The number of aromatic hydroxyl groups is 2. The Morgan fingerprint density at radius 1 is 0.424 bits per heavy atom. The Morgan fingerprint density at radius 3 is 1.32 bits per heavy atom. The van der Waals surface area contributed by atoms with Gasteiger partial charge in [0.15, 0.2) is 29.8 Å². The fourth-order valence-electron chi connectivity index (χ4n) is 14.6. The number of unbranched alkanes of at least 4 members (excludes halogenated alkanes) is 2. The van der Waals surface area contributed by atoms with E-state index in [1.807, 2.05) is 0 Å². The number of fused-ring (bicyclic) bond motifs is 1. The van der Waals surface area contributed by atoms with Crippen LogP contribution >= 0.6 is 0 Å². The number of para-hydroxylation sites is 1. The molecule has 0 bridgehead atoms. The molecule has 5 rings (SSSR count). The number of amides is 14.